The van der Waals surface area contributed by atoms with E-state index in [1.165, 1.54) is 19.2 Å². The van der Waals surface area contributed by atoms with E-state index in [1.807, 2.05) is 24.3 Å². The molecule has 45 heavy (non-hydrogen) atoms. The number of alkyl halides is 3. The van der Waals surface area contributed by atoms with Gasteiger partial charge < -0.3 is 20.7 Å². The highest BCUT2D eigenvalue weighted by atomic mass is 35.5. The third-order valence-corrected chi connectivity index (χ3v) is 8.89. The number of carboxylic acid groups (broad SMARTS) is 2. The lowest BCUT2D eigenvalue weighted by atomic mass is 10.1. The number of aliphatic carboxylic acids is 2. The van der Waals surface area contributed by atoms with Crippen molar-refractivity contribution in [3.05, 3.63) is 70.1 Å². The van der Waals surface area contributed by atoms with Gasteiger partial charge in [-0.05, 0) is 35.4 Å². The molecule has 4 aromatic rings. The zero-order valence-electron chi connectivity index (χ0n) is 23.0. The van der Waals surface area contributed by atoms with E-state index in [0.717, 1.165) is 22.5 Å². The molecule has 2 aromatic carbocycles. The fourth-order valence-corrected chi connectivity index (χ4v) is 6.37. The number of halogens is 4. The highest BCUT2D eigenvalue weighted by molar-refractivity contribution is 7.94. The second-order valence-electron chi connectivity index (χ2n) is 9.09. The summed E-state index contributed by atoms with van der Waals surface area (Å²) in [6.45, 7) is 0.480. The Hall–Kier alpha value is -4.39. The number of rotatable bonds is 12. The summed E-state index contributed by atoms with van der Waals surface area (Å²) in [5.41, 5.74) is 7.39. The molecule has 2 heterocycles. The Kier molecular flexibility index (Phi) is 11.4. The third-order valence-electron chi connectivity index (χ3n) is 5.83. The minimum atomic E-state index is -5.08. The summed E-state index contributed by atoms with van der Waals surface area (Å²) in [7, 11) is -2.45. The predicted molar refractivity (Wildman–Crippen MR) is 158 cm³/mol. The standard InChI is InChI=1S/C24H24ClN5O6S2.C2HF3O2/c1-36-18-7-3-6-17-22(18)23(29-38(34,35)21-9-8-19(25)37-21)28-30(17)13-15-5-2-4-14(10-15)12-27-16(24(32)33)11-20(26)31;3-2(4,5)1(6)7/h2-10,16,27H,11-13H2,1H3,(H2,26,31)(H,28,29)(H,32,33);(H,6,7)/t16-;/m0./s1. The summed E-state index contributed by atoms with van der Waals surface area (Å²) in [4.78, 5) is 31.4. The molecular formula is C26H25ClF3N5O8S2. The number of carboxylic acids is 2. The molecule has 0 spiro atoms. The number of ether oxygens (including phenoxy) is 1. The highest BCUT2D eigenvalue weighted by Crippen LogP contribution is 2.35. The molecule has 0 unspecified atom stereocenters. The first-order chi connectivity index (χ1) is 21.0. The van der Waals surface area contributed by atoms with Crippen LogP contribution in [0.5, 0.6) is 5.75 Å². The number of nitrogens with one attached hydrogen (secondary N) is 2. The first kappa shape index (κ1) is 35.1. The van der Waals surface area contributed by atoms with E-state index >= 15 is 0 Å². The van der Waals surface area contributed by atoms with Gasteiger partial charge in [-0.3, -0.25) is 24.3 Å². The molecule has 6 N–H and O–H groups in total. The van der Waals surface area contributed by atoms with Gasteiger partial charge in [0.05, 0.1) is 35.3 Å². The summed E-state index contributed by atoms with van der Waals surface area (Å²) in [5.74, 6) is -4.09. The van der Waals surface area contributed by atoms with Crippen molar-refractivity contribution < 1.29 is 50.9 Å². The smallest absolute Gasteiger partial charge is 0.490 e. The number of hydrogen-bond acceptors (Lipinski definition) is 9. The Balaban J connectivity index is 0.000000707. The third kappa shape index (κ3) is 9.55. The van der Waals surface area contributed by atoms with Gasteiger partial charge in [-0.15, -0.1) is 11.3 Å². The van der Waals surface area contributed by atoms with E-state index in [2.05, 4.69) is 15.1 Å². The molecule has 19 heteroatoms. The first-order valence-electron chi connectivity index (χ1n) is 12.5. The van der Waals surface area contributed by atoms with Gasteiger partial charge in [0.1, 0.15) is 16.0 Å². The average molecular weight is 692 g/mol. The number of benzene rings is 2. The topological polar surface area (TPSA) is 203 Å². The van der Waals surface area contributed by atoms with Crippen molar-refractivity contribution in [3.8, 4) is 5.75 Å². The van der Waals surface area contributed by atoms with Crippen LogP contribution in [0.3, 0.4) is 0 Å². The minimum Gasteiger partial charge on any atom is -0.496 e. The number of carbonyl (C=O) groups excluding carboxylic acids is 1. The maximum absolute atomic E-state index is 13.0. The van der Waals surface area contributed by atoms with Crippen molar-refractivity contribution in [2.24, 2.45) is 5.73 Å². The van der Waals surface area contributed by atoms with Crippen LogP contribution in [-0.4, -0.2) is 65.6 Å². The predicted octanol–water partition coefficient (Wildman–Crippen LogP) is 3.66. The van der Waals surface area contributed by atoms with Crippen molar-refractivity contribution in [3.63, 3.8) is 0 Å². The molecule has 0 radical (unpaired) electrons. The second-order valence-corrected chi connectivity index (χ2v) is 12.7. The van der Waals surface area contributed by atoms with E-state index in [9.17, 15) is 36.3 Å². The van der Waals surface area contributed by atoms with Crippen LogP contribution < -0.4 is 20.5 Å². The number of hydrogen-bond donors (Lipinski definition) is 5. The zero-order valence-corrected chi connectivity index (χ0v) is 25.4. The van der Waals surface area contributed by atoms with Gasteiger partial charge in [0.15, 0.2) is 5.82 Å². The molecular weight excluding hydrogens is 667 g/mol. The lowest BCUT2D eigenvalue weighted by Crippen LogP contribution is -2.39. The highest BCUT2D eigenvalue weighted by Gasteiger charge is 2.38. The fraction of sp³-hybridized carbons (Fsp3) is 0.231. The van der Waals surface area contributed by atoms with Gasteiger partial charge in [0.2, 0.25) is 5.91 Å². The lowest BCUT2D eigenvalue weighted by molar-refractivity contribution is -0.192. The van der Waals surface area contributed by atoms with E-state index in [-0.39, 0.29) is 29.5 Å². The van der Waals surface area contributed by atoms with Gasteiger partial charge >= 0.3 is 18.1 Å². The number of fused-ring (bicyclic) bond motifs is 1. The number of nitrogens with zero attached hydrogens (tertiary/aromatic N) is 2. The van der Waals surface area contributed by atoms with Crippen molar-refractivity contribution in [2.75, 3.05) is 11.8 Å². The molecule has 0 bridgehead atoms. The van der Waals surface area contributed by atoms with Gasteiger partial charge in [-0.2, -0.15) is 18.3 Å². The van der Waals surface area contributed by atoms with Crippen molar-refractivity contribution in [1.82, 2.24) is 15.1 Å². The molecule has 0 aliphatic heterocycles. The Morgan fingerprint density at radius 1 is 1.11 bits per heavy atom. The Labute approximate surface area is 262 Å². The van der Waals surface area contributed by atoms with Gasteiger partial charge in [-0.1, -0.05) is 41.9 Å². The van der Waals surface area contributed by atoms with Crippen LogP contribution in [0.1, 0.15) is 17.5 Å². The molecule has 1 amide bonds. The number of anilines is 1. The van der Waals surface area contributed by atoms with E-state index in [0.29, 0.717) is 21.0 Å². The second kappa shape index (κ2) is 14.6. The van der Waals surface area contributed by atoms with E-state index in [4.69, 9.17) is 32.0 Å². The molecule has 1 atom stereocenters. The van der Waals surface area contributed by atoms with E-state index in [1.54, 1.807) is 22.9 Å². The molecule has 242 valence electrons. The average Bonchev–Trinajstić information content (AvgIpc) is 3.54. The normalized spacial score (nSPS) is 12.2. The summed E-state index contributed by atoms with van der Waals surface area (Å²) < 4.78 is 67.8. The Morgan fingerprint density at radius 3 is 2.31 bits per heavy atom. The van der Waals surface area contributed by atoms with Crippen LogP contribution >= 0.6 is 22.9 Å². The minimum absolute atomic E-state index is 0.0521. The molecule has 0 fully saturated rings. The van der Waals surface area contributed by atoms with E-state index < -0.39 is 40.1 Å². The maximum atomic E-state index is 13.0. The van der Waals surface area contributed by atoms with Crippen LogP contribution in [0.4, 0.5) is 19.0 Å². The molecule has 0 aliphatic carbocycles. The monoisotopic (exact) mass is 691 g/mol. The van der Waals surface area contributed by atoms with Gasteiger partial charge in [0.25, 0.3) is 10.0 Å². The maximum Gasteiger partial charge on any atom is 0.490 e. The van der Waals surface area contributed by atoms with Crippen LogP contribution in [0.15, 0.2) is 58.8 Å². The number of amides is 1. The molecule has 13 nitrogen and oxygen atoms in total. The van der Waals surface area contributed by atoms with Crippen molar-refractivity contribution in [1.29, 1.82) is 0 Å². The lowest BCUT2D eigenvalue weighted by Gasteiger charge is -2.13. The number of carbonyl (C=O) groups is 3. The van der Waals surface area contributed by atoms with Crippen molar-refractivity contribution >= 4 is 67.5 Å². The van der Waals surface area contributed by atoms with Crippen LogP contribution in [-0.2, 0) is 37.5 Å². The number of sulfonamides is 1. The summed E-state index contributed by atoms with van der Waals surface area (Å²) in [6, 6.07) is 14.5. The molecule has 4 rings (SSSR count). The zero-order chi connectivity index (χ0) is 33.5. The largest absolute Gasteiger partial charge is 0.496 e. The quantitative estimate of drug-likeness (QED) is 0.146. The number of methoxy groups -OCH3 is 1. The fourth-order valence-electron chi connectivity index (χ4n) is 3.88. The molecule has 0 aliphatic rings. The van der Waals surface area contributed by atoms with Crippen LogP contribution in [0.2, 0.25) is 4.34 Å². The number of nitrogens with two attached hydrogens (primary N) is 1. The first-order valence-corrected chi connectivity index (χ1v) is 15.1. The summed E-state index contributed by atoms with van der Waals surface area (Å²) >= 11 is 6.86. The summed E-state index contributed by atoms with van der Waals surface area (Å²) in [5, 5.41) is 24.3. The number of aromatic nitrogens is 2. The Morgan fingerprint density at radius 2 is 1.76 bits per heavy atom. The Bertz CT molecular complexity index is 1810. The number of thiophene rings is 1. The SMILES string of the molecule is COc1cccc2c1c(NS(=O)(=O)c1ccc(Cl)s1)nn2Cc1cccc(CN[C@@H](CC(N)=O)C(=O)O)c1.O=C(O)C(F)(F)F. The number of primary amides is 1. The van der Waals surface area contributed by atoms with Crippen LogP contribution in [0.25, 0.3) is 10.9 Å². The molecule has 0 saturated heterocycles. The van der Waals surface area contributed by atoms with Crippen LogP contribution in [0, 0.1) is 0 Å². The molecule has 0 saturated carbocycles. The summed E-state index contributed by atoms with van der Waals surface area (Å²) in [6.07, 6.45) is -5.41. The van der Waals surface area contributed by atoms with Gasteiger partial charge in [0, 0.05) is 6.54 Å². The van der Waals surface area contributed by atoms with Gasteiger partial charge in [-0.25, -0.2) is 13.2 Å². The molecule has 2 aromatic heterocycles. The van der Waals surface area contributed by atoms with Crippen molar-refractivity contribution in [2.45, 2.75) is 35.9 Å².